The summed E-state index contributed by atoms with van der Waals surface area (Å²) in [5.74, 6) is 0. The second kappa shape index (κ2) is 7.81. The van der Waals surface area contributed by atoms with Gasteiger partial charge in [0.15, 0.2) is 0 Å². The molecule has 1 aliphatic rings. The first-order valence-corrected chi connectivity index (χ1v) is 7.19. The van der Waals surface area contributed by atoms with E-state index in [2.05, 4.69) is 12.2 Å². The number of carbonyl (C=O) groups excluding carboxylic acids is 1. The minimum absolute atomic E-state index is 0.0344. The maximum absolute atomic E-state index is 11.8. The van der Waals surface area contributed by atoms with Crippen molar-refractivity contribution in [2.24, 2.45) is 0 Å². The molecular weight excluding hydrogens is 262 g/mol. The average molecular weight is 289 g/mol. The molecule has 0 aromatic carbocycles. The number of alkyl carbamates (subject to hydrolysis) is 1. The van der Waals surface area contributed by atoms with Gasteiger partial charge in [-0.05, 0) is 27.2 Å². The molecule has 0 unspecified atom stereocenters. The fraction of sp³-hybridized carbons (Fsp3) is 0.929. The Hall–Kier alpha value is -0.850. The van der Waals surface area contributed by atoms with Crippen LogP contribution >= 0.6 is 0 Å². The van der Waals surface area contributed by atoms with Gasteiger partial charge in [0.2, 0.25) is 0 Å². The lowest BCUT2D eigenvalue weighted by Crippen LogP contribution is -2.53. The summed E-state index contributed by atoms with van der Waals surface area (Å²) in [6.07, 6.45) is 1.11. The zero-order chi connectivity index (χ0) is 15.2. The Morgan fingerprint density at radius 2 is 2.15 bits per heavy atom. The molecule has 1 fully saturated rings. The molecule has 0 aromatic heterocycles. The van der Waals surface area contributed by atoms with Crippen LogP contribution < -0.4 is 5.32 Å². The summed E-state index contributed by atoms with van der Waals surface area (Å²) in [5.41, 5.74) is -0.535. The summed E-state index contributed by atoms with van der Waals surface area (Å²) < 4.78 is 16.5. The number of rotatable bonds is 5. The van der Waals surface area contributed by atoms with Crippen LogP contribution in [0.2, 0.25) is 0 Å². The Kier molecular flexibility index (Phi) is 6.71. The number of ether oxygens (including phenoxy) is 3. The Balaban J connectivity index is 2.54. The van der Waals surface area contributed by atoms with Gasteiger partial charge in [0, 0.05) is 6.42 Å². The van der Waals surface area contributed by atoms with Gasteiger partial charge in [0.25, 0.3) is 0 Å². The number of nitrogens with one attached hydrogen (secondary N) is 1. The molecule has 0 aliphatic carbocycles. The van der Waals surface area contributed by atoms with Gasteiger partial charge < -0.3 is 24.6 Å². The summed E-state index contributed by atoms with van der Waals surface area (Å²) in [4.78, 5) is 11.8. The summed E-state index contributed by atoms with van der Waals surface area (Å²) in [6.45, 7) is 8.12. The highest BCUT2D eigenvalue weighted by atomic mass is 16.6. The Morgan fingerprint density at radius 1 is 1.45 bits per heavy atom. The van der Waals surface area contributed by atoms with Crippen LogP contribution in [-0.2, 0) is 14.2 Å². The number of amides is 1. The normalized spacial score (nSPS) is 27.1. The van der Waals surface area contributed by atoms with Crippen molar-refractivity contribution in [1.29, 1.82) is 0 Å². The third-order valence-corrected chi connectivity index (χ3v) is 3.04. The minimum Gasteiger partial charge on any atom is -0.444 e. The van der Waals surface area contributed by atoms with E-state index in [4.69, 9.17) is 19.3 Å². The number of aliphatic hydroxyl groups is 1. The van der Waals surface area contributed by atoms with E-state index >= 15 is 0 Å². The molecule has 0 bridgehead atoms. The number of hydrogen-bond donors (Lipinski definition) is 2. The van der Waals surface area contributed by atoms with Crippen molar-refractivity contribution in [3.63, 3.8) is 0 Å². The molecule has 2 N–H and O–H groups in total. The smallest absolute Gasteiger partial charge is 0.408 e. The third kappa shape index (κ3) is 6.07. The first-order chi connectivity index (χ1) is 9.35. The highest BCUT2D eigenvalue weighted by molar-refractivity contribution is 5.68. The van der Waals surface area contributed by atoms with Crippen LogP contribution in [0.15, 0.2) is 0 Å². The average Bonchev–Trinajstić information content (AvgIpc) is 2.35. The van der Waals surface area contributed by atoms with Crippen molar-refractivity contribution in [1.82, 2.24) is 5.32 Å². The van der Waals surface area contributed by atoms with Crippen LogP contribution in [0.3, 0.4) is 0 Å². The zero-order valence-electron chi connectivity index (χ0n) is 12.8. The standard InChI is InChI=1S/C14H27NO5/c1-5-10-8-12(18-7-6-16)11(9-19-10)15-13(17)20-14(2,3)4/h10-12,16H,5-9H2,1-4H3,(H,15,17)/t10-,11+,12-/m1/s1. The first-order valence-electron chi connectivity index (χ1n) is 7.19. The Morgan fingerprint density at radius 3 is 2.70 bits per heavy atom. The molecule has 6 nitrogen and oxygen atoms in total. The van der Waals surface area contributed by atoms with Crippen LogP contribution in [0.5, 0.6) is 0 Å². The lowest BCUT2D eigenvalue weighted by atomic mass is 10.00. The number of aliphatic hydroxyl groups excluding tert-OH is 1. The van der Waals surface area contributed by atoms with E-state index in [1.807, 2.05) is 20.8 Å². The molecule has 6 heteroatoms. The molecule has 1 heterocycles. The molecule has 118 valence electrons. The quantitative estimate of drug-likeness (QED) is 0.801. The van der Waals surface area contributed by atoms with Gasteiger partial charge in [-0.15, -0.1) is 0 Å². The van der Waals surface area contributed by atoms with E-state index in [0.29, 0.717) is 13.0 Å². The molecule has 1 amide bonds. The Bertz CT molecular complexity index is 302. The molecule has 3 atom stereocenters. The topological polar surface area (TPSA) is 77.0 Å². The SMILES string of the molecule is CC[C@@H]1C[C@@H](OCCO)[C@@H](NC(=O)OC(C)(C)C)CO1. The van der Waals surface area contributed by atoms with Crippen LogP contribution in [0, 0.1) is 0 Å². The molecule has 0 radical (unpaired) electrons. The zero-order valence-corrected chi connectivity index (χ0v) is 12.8. The second-order valence-corrected chi connectivity index (χ2v) is 5.98. The van der Waals surface area contributed by atoms with Crippen molar-refractivity contribution >= 4 is 6.09 Å². The van der Waals surface area contributed by atoms with Gasteiger partial charge in [-0.2, -0.15) is 0 Å². The third-order valence-electron chi connectivity index (χ3n) is 3.04. The number of hydrogen-bond acceptors (Lipinski definition) is 5. The van der Waals surface area contributed by atoms with Gasteiger partial charge in [-0.25, -0.2) is 4.79 Å². The van der Waals surface area contributed by atoms with Crippen molar-refractivity contribution in [2.45, 2.75) is 64.4 Å². The Labute approximate surface area is 120 Å². The minimum atomic E-state index is -0.535. The summed E-state index contributed by atoms with van der Waals surface area (Å²) >= 11 is 0. The molecular formula is C14H27NO5. The molecule has 1 aliphatic heterocycles. The fourth-order valence-electron chi connectivity index (χ4n) is 2.10. The maximum atomic E-state index is 11.8. The van der Waals surface area contributed by atoms with Gasteiger partial charge in [0.1, 0.15) is 5.60 Å². The van der Waals surface area contributed by atoms with Gasteiger partial charge in [-0.3, -0.25) is 0 Å². The summed E-state index contributed by atoms with van der Waals surface area (Å²) in [7, 11) is 0. The maximum Gasteiger partial charge on any atom is 0.408 e. The molecule has 0 saturated carbocycles. The largest absolute Gasteiger partial charge is 0.444 e. The lowest BCUT2D eigenvalue weighted by Gasteiger charge is -2.36. The fourth-order valence-corrected chi connectivity index (χ4v) is 2.10. The van der Waals surface area contributed by atoms with Crippen molar-refractivity contribution in [3.05, 3.63) is 0 Å². The van der Waals surface area contributed by atoms with Crippen molar-refractivity contribution < 1.29 is 24.1 Å². The highest BCUT2D eigenvalue weighted by Gasteiger charge is 2.33. The van der Waals surface area contributed by atoms with E-state index < -0.39 is 11.7 Å². The molecule has 20 heavy (non-hydrogen) atoms. The molecule has 0 spiro atoms. The van der Waals surface area contributed by atoms with Gasteiger partial charge >= 0.3 is 6.09 Å². The highest BCUT2D eigenvalue weighted by Crippen LogP contribution is 2.20. The van der Waals surface area contributed by atoms with E-state index in [-0.39, 0.29) is 31.5 Å². The van der Waals surface area contributed by atoms with E-state index in [0.717, 1.165) is 6.42 Å². The van der Waals surface area contributed by atoms with Crippen LogP contribution in [0.4, 0.5) is 4.79 Å². The molecule has 0 aromatic rings. The van der Waals surface area contributed by atoms with Crippen molar-refractivity contribution in [3.8, 4) is 0 Å². The second-order valence-electron chi connectivity index (χ2n) is 5.98. The van der Waals surface area contributed by atoms with Gasteiger partial charge in [0.05, 0.1) is 38.1 Å². The van der Waals surface area contributed by atoms with Crippen molar-refractivity contribution in [2.75, 3.05) is 19.8 Å². The van der Waals surface area contributed by atoms with E-state index in [1.165, 1.54) is 0 Å². The number of carbonyl (C=O) groups is 1. The molecule has 1 rings (SSSR count). The summed E-state index contributed by atoms with van der Waals surface area (Å²) in [5, 5.41) is 11.7. The first kappa shape index (κ1) is 17.2. The van der Waals surface area contributed by atoms with E-state index in [1.54, 1.807) is 0 Å². The van der Waals surface area contributed by atoms with Gasteiger partial charge in [-0.1, -0.05) is 6.92 Å². The van der Waals surface area contributed by atoms with Crippen LogP contribution in [-0.4, -0.2) is 54.9 Å². The lowest BCUT2D eigenvalue weighted by molar-refractivity contribution is -0.0983. The summed E-state index contributed by atoms with van der Waals surface area (Å²) in [6, 6.07) is -0.251. The van der Waals surface area contributed by atoms with Crippen LogP contribution in [0.1, 0.15) is 40.5 Å². The molecule has 1 saturated heterocycles. The van der Waals surface area contributed by atoms with E-state index in [9.17, 15) is 4.79 Å². The van der Waals surface area contributed by atoms with Crippen LogP contribution in [0.25, 0.3) is 0 Å². The predicted molar refractivity (Wildman–Crippen MR) is 74.6 cm³/mol. The predicted octanol–water partition coefficient (Wildman–Crippen LogP) is 1.46. The monoisotopic (exact) mass is 289 g/mol.